The van der Waals surface area contributed by atoms with Crippen LogP contribution in [-0.4, -0.2) is 20.7 Å². The third-order valence-electron chi connectivity index (χ3n) is 3.77. The van der Waals surface area contributed by atoms with Gasteiger partial charge in [0.25, 0.3) is 5.91 Å². The Morgan fingerprint density at radius 2 is 2.00 bits per heavy atom. The molecule has 0 bridgehead atoms. The van der Waals surface area contributed by atoms with Crippen molar-refractivity contribution < 1.29 is 4.79 Å². The Bertz CT molecular complexity index is 825. The molecule has 2 aromatic carbocycles. The summed E-state index contributed by atoms with van der Waals surface area (Å²) in [5, 5.41) is 7.02. The van der Waals surface area contributed by atoms with E-state index in [0.29, 0.717) is 12.1 Å². The molecule has 3 aromatic rings. The van der Waals surface area contributed by atoms with Crippen LogP contribution < -0.4 is 5.32 Å². The Balaban J connectivity index is 1.75. The minimum atomic E-state index is -0.117. The Morgan fingerprint density at radius 1 is 1.13 bits per heavy atom. The summed E-state index contributed by atoms with van der Waals surface area (Å²) in [7, 11) is 0. The third-order valence-corrected chi connectivity index (χ3v) is 3.77. The highest BCUT2D eigenvalue weighted by molar-refractivity contribution is 6.04. The summed E-state index contributed by atoms with van der Waals surface area (Å²) in [4.78, 5) is 16.3. The predicted molar refractivity (Wildman–Crippen MR) is 89.4 cm³/mol. The SMILES string of the molecule is Cc1ccc(NC(=O)c2cccc(Cn3cncn3)c2)cc1C. The van der Waals surface area contributed by atoms with Gasteiger partial charge in [-0.25, -0.2) is 9.67 Å². The van der Waals surface area contributed by atoms with Crippen LogP contribution in [0, 0.1) is 13.8 Å². The quantitative estimate of drug-likeness (QED) is 0.805. The molecule has 0 fully saturated rings. The molecule has 1 amide bonds. The van der Waals surface area contributed by atoms with Crippen LogP contribution in [0.2, 0.25) is 0 Å². The smallest absolute Gasteiger partial charge is 0.255 e. The number of anilines is 1. The lowest BCUT2D eigenvalue weighted by Crippen LogP contribution is -2.12. The lowest BCUT2D eigenvalue weighted by Gasteiger charge is -2.09. The first-order valence-electron chi connectivity index (χ1n) is 7.42. The Kier molecular flexibility index (Phi) is 4.19. The molecule has 0 radical (unpaired) electrons. The fourth-order valence-corrected chi connectivity index (χ4v) is 2.33. The van der Waals surface area contributed by atoms with Gasteiger partial charge in [0.1, 0.15) is 12.7 Å². The van der Waals surface area contributed by atoms with E-state index in [1.54, 1.807) is 17.1 Å². The van der Waals surface area contributed by atoms with Crippen LogP contribution in [0.1, 0.15) is 27.0 Å². The summed E-state index contributed by atoms with van der Waals surface area (Å²) in [5.41, 5.74) is 4.80. The second-order valence-corrected chi connectivity index (χ2v) is 5.55. The molecule has 116 valence electrons. The first-order chi connectivity index (χ1) is 11.1. The number of amides is 1. The molecule has 0 atom stereocenters. The average Bonchev–Trinajstić information content (AvgIpc) is 3.04. The highest BCUT2D eigenvalue weighted by Crippen LogP contribution is 2.16. The fraction of sp³-hybridized carbons (Fsp3) is 0.167. The maximum Gasteiger partial charge on any atom is 0.255 e. The van der Waals surface area contributed by atoms with E-state index in [1.807, 2.05) is 43.3 Å². The van der Waals surface area contributed by atoms with Gasteiger partial charge in [0, 0.05) is 11.3 Å². The second-order valence-electron chi connectivity index (χ2n) is 5.55. The summed E-state index contributed by atoms with van der Waals surface area (Å²) in [5.74, 6) is -0.117. The second kappa shape index (κ2) is 6.44. The first-order valence-corrected chi connectivity index (χ1v) is 7.42. The zero-order valence-electron chi connectivity index (χ0n) is 13.2. The Hall–Kier alpha value is -2.95. The number of hydrogen-bond donors (Lipinski definition) is 1. The van der Waals surface area contributed by atoms with Crippen LogP contribution in [0.15, 0.2) is 55.1 Å². The van der Waals surface area contributed by atoms with Crippen LogP contribution in [0.5, 0.6) is 0 Å². The first kappa shape index (κ1) is 15.0. The largest absolute Gasteiger partial charge is 0.322 e. The van der Waals surface area contributed by atoms with Gasteiger partial charge in [0.05, 0.1) is 6.54 Å². The molecule has 0 saturated carbocycles. The molecule has 0 aliphatic rings. The number of aryl methyl sites for hydroxylation is 2. The number of rotatable bonds is 4. The van der Waals surface area contributed by atoms with Gasteiger partial charge in [-0.1, -0.05) is 18.2 Å². The van der Waals surface area contributed by atoms with Crippen molar-refractivity contribution in [3.63, 3.8) is 0 Å². The molecule has 0 saturated heterocycles. The van der Waals surface area contributed by atoms with E-state index in [-0.39, 0.29) is 5.91 Å². The number of nitrogens with one attached hydrogen (secondary N) is 1. The molecule has 0 aliphatic carbocycles. The van der Waals surface area contributed by atoms with Crippen molar-refractivity contribution in [1.29, 1.82) is 0 Å². The van der Waals surface area contributed by atoms with Crippen molar-refractivity contribution in [3.8, 4) is 0 Å². The van der Waals surface area contributed by atoms with Crippen LogP contribution >= 0.6 is 0 Å². The summed E-state index contributed by atoms with van der Waals surface area (Å²) in [6.07, 6.45) is 3.15. The topological polar surface area (TPSA) is 59.8 Å². The molecule has 1 heterocycles. The molecule has 1 aromatic heterocycles. The minimum absolute atomic E-state index is 0.117. The van der Waals surface area contributed by atoms with Gasteiger partial charge in [-0.05, 0) is 54.8 Å². The molecule has 1 N–H and O–H groups in total. The van der Waals surface area contributed by atoms with E-state index in [1.165, 1.54) is 11.9 Å². The molecule has 3 rings (SSSR count). The monoisotopic (exact) mass is 306 g/mol. The highest BCUT2D eigenvalue weighted by Gasteiger charge is 2.08. The maximum absolute atomic E-state index is 12.4. The summed E-state index contributed by atoms with van der Waals surface area (Å²) < 4.78 is 1.72. The van der Waals surface area contributed by atoms with Gasteiger partial charge in [0.15, 0.2) is 0 Å². The molecule has 0 unspecified atom stereocenters. The van der Waals surface area contributed by atoms with E-state index in [2.05, 4.69) is 22.3 Å². The lowest BCUT2D eigenvalue weighted by atomic mass is 10.1. The van der Waals surface area contributed by atoms with Crippen molar-refractivity contribution in [2.24, 2.45) is 0 Å². The van der Waals surface area contributed by atoms with Crippen molar-refractivity contribution in [2.75, 3.05) is 5.32 Å². The van der Waals surface area contributed by atoms with Crippen molar-refractivity contribution >= 4 is 11.6 Å². The fourth-order valence-electron chi connectivity index (χ4n) is 2.33. The molecule has 23 heavy (non-hydrogen) atoms. The standard InChI is InChI=1S/C18H18N4O/c1-13-6-7-17(8-14(13)2)21-18(23)16-5-3-4-15(9-16)10-22-12-19-11-20-22/h3-9,11-12H,10H2,1-2H3,(H,21,23). The van der Waals surface area contributed by atoms with Gasteiger partial charge < -0.3 is 5.32 Å². The van der Waals surface area contributed by atoms with E-state index in [4.69, 9.17) is 0 Å². The molecule has 0 spiro atoms. The number of nitrogens with zero attached hydrogens (tertiary/aromatic N) is 3. The zero-order chi connectivity index (χ0) is 16.2. The molecule has 5 heteroatoms. The summed E-state index contributed by atoms with van der Waals surface area (Å²) >= 11 is 0. The van der Waals surface area contributed by atoms with Gasteiger partial charge >= 0.3 is 0 Å². The van der Waals surface area contributed by atoms with Gasteiger partial charge in [-0.2, -0.15) is 5.10 Å². The third kappa shape index (κ3) is 3.63. The zero-order valence-corrected chi connectivity index (χ0v) is 13.2. The average molecular weight is 306 g/mol. The van der Waals surface area contributed by atoms with E-state index < -0.39 is 0 Å². The van der Waals surface area contributed by atoms with Crippen molar-refractivity contribution in [3.05, 3.63) is 77.4 Å². The molecule has 0 aliphatic heterocycles. The minimum Gasteiger partial charge on any atom is -0.322 e. The van der Waals surface area contributed by atoms with Crippen LogP contribution in [-0.2, 0) is 6.54 Å². The number of aromatic nitrogens is 3. The van der Waals surface area contributed by atoms with Crippen LogP contribution in [0.25, 0.3) is 0 Å². The lowest BCUT2D eigenvalue weighted by molar-refractivity contribution is 0.102. The number of carbonyl (C=O) groups is 1. The van der Waals surface area contributed by atoms with Gasteiger partial charge in [-0.3, -0.25) is 4.79 Å². The Morgan fingerprint density at radius 3 is 2.74 bits per heavy atom. The van der Waals surface area contributed by atoms with Gasteiger partial charge in [-0.15, -0.1) is 0 Å². The van der Waals surface area contributed by atoms with E-state index in [0.717, 1.165) is 16.8 Å². The highest BCUT2D eigenvalue weighted by atomic mass is 16.1. The Labute approximate surface area is 135 Å². The van der Waals surface area contributed by atoms with Crippen molar-refractivity contribution in [2.45, 2.75) is 20.4 Å². The summed E-state index contributed by atoms with van der Waals surface area (Å²) in [6.45, 7) is 4.67. The molecular formula is C18H18N4O. The maximum atomic E-state index is 12.4. The van der Waals surface area contributed by atoms with Crippen LogP contribution in [0.3, 0.4) is 0 Å². The van der Waals surface area contributed by atoms with E-state index in [9.17, 15) is 4.79 Å². The van der Waals surface area contributed by atoms with Crippen LogP contribution in [0.4, 0.5) is 5.69 Å². The summed E-state index contributed by atoms with van der Waals surface area (Å²) in [6, 6.07) is 13.4. The normalized spacial score (nSPS) is 10.5. The predicted octanol–water partition coefficient (Wildman–Crippen LogP) is 3.20. The van der Waals surface area contributed by atoms with E-state index >= 15 is 0 Å². The van der Waals surface area contributed by atoms with Crippen molar-refractivity contribution in [1.82, 2.24) is 14.8 Å². The number of benzene rings is 2. The number of hydrogen-bond acceptors (Lipinski definition) is 3. The molecule has 5 nitrogen and oxygen atoms in total. The number of carbonyl (C=O) groups excluding carboxylic acids is 1. The molecular weight excluding hydrogens is 288 g/mol. The van der Waals surface area contributed by atoms with Gasteiger partial charge in [0.2, 0.25) is 0 Å².